The maximum absolute atomic E-state index is 12.2. The predicted octanol–water partition coefficient (Wildman–Crippen LogP) is 0.892. The minimum absolute atomic E-state index is 0.255. The summed E-state index contributed by atoms with van der Waals surface area (Å²) >= 11 is 0. The highest BCUT2D eigenvalue weighted by atomic mass is 31.2. The van der Waals surface area contributed by atoms with Crippen molar-refractivity contribution in [3.63, 3.8) is 0 Å². The third kappa shape index (κ3) is 7.30. The molecule has 0 aliphatic carbocycles. The number of esters is 2. The molecule has 8 heteroatoms. The highest BCUT2D eigenvalue weighted by Crippen LogP contribution is 2.32. The summed E-state index contributed by atoms with van der Waals surface area (Å²) in [6, 6.07) is -1.45. The van der Waals surface area contributed by atoms with E-state index in [9.17, 15) is 14.2 Å². The smallest absolute Gasteiger partial charge is 0.323 e. The molecule has 0 aromatic rings. The SMILES string of the molecule is CCOC(=O)C(C)NP(C)(=O)NC(C)C(=O)OCC. The quantitative estimate of drug-likeness (QED) is 0.507. The van der Waals surface area contributed by atoms with Crippen LogP contribution in [0.3, 0.4) is 0 Å². The normalized spacial score (nSPS) is 17.1. The Hall–Kier alpha value is -0.910. The van der Waals surface area contributed by atoms with Gasteiger partial charge in [0.1, 0.15) is 12.1 Å². The van der Waals surface area contributed by atoms with Gasteiger partial charge < -0.3 is 9.47 Å². The van der Waals surface area contributed by atoms with Crippen LogP contribution >= 0.6 is 7.44 Å². The molecule has 0 spiro atoms. The third-order valence-corrected chi connectivity index (χ3v) is 3.92. The minimum Gasteiger partial charge on any atom is -0.465 e. The molecule has 0 radical (unpaired) electrons. The van der Waals surface area contributed by atoms with Crippen molar-refractivity contribution in [1.82, 2.24) is 10.2 Å². The van der Waals surface area contributed by atoms with Crippen LogP contribution in [0.25, 0.3) is 0 Å². The van der Waals surface area contributed by atoms with Gasteiger partial charge in [-0.25, -0.2) is 10.2 Å². The Bertz CT molecular complexity index is 331. The Morgan fingerprint density at radius 3 is 1.58 bits per heavy atom. The lowest BCUT2D eigenvalue weighted by molar-refractivity contribution is -0.145. The second-order valence-electron chi connectivity index (χ2n) is 4.13. The fourth-order valence-electron chi connectivity index (χ4n) is 1.42. The zero-order valence-corrected chi connectivity index (χ0v) is 13.0. The Kier molecular flexibility index (Phi) is 7.90. The van der Waals surface area contributed by atoms with Gasteiger partial charge in [0.05, 0.1) is 13.2 Å². The zero-order chi connectivity index (χ0) is 15.1. The van der Waals surface area contributed by atoms with Gasteiger partial charge in [-0.1, -0.05) is 0 Å². The summed E-state index contributed by atoms with van der Waals surface area (Å²) in [4.78, 5) is 22.8. The lowest BCUT2D eigenvalue weighted by Gasteiger charge is -2.23. The van der Waals surface area contributed by atoms with Gasteiger partial charge in [0, 0.05) is 6.66 Å². The lowest BCUT2D eigenvalue weighted by Crippen LogP contribution is -2.41. The second kappa shape index (κ2) is 8.30. The van der Waals surface area contributed by atoms with Crippen molar-refractivity contribution in [3.8, 4) is 0 Å². The molecule has 0 saturated heterocycles. The lowest BCUT2D eigenvalue weighted by atomic mass is 10.4. The van der Waals surface area contributed by atoms with Crippen molar-refractivity contribution < 1.29 is 23.6 Å². The van der Waals surface area contributed by atoms with Crippen molar-refractivity contribution in [2.75, 3.05) is 19.9 Å². The highest BCUT2D eigenvalue weighted by molar-refractivity contribution is 7.59. The first kappa shape index (κ1) is 18.1. The standard InChI is InChI=1S/C11H23N2O5P/c1-6-17-10(14)8(3)12-19(5,16)13-9(4)11(15)18-7-2/h8-9H,6-7H2,1-5H3,(H2,12,13,16). The Balaban J connectivity index is 4.43. The molecule has 2 atom stereocenters. The van der Waals surface area contributed by atoms with E-state index in [1.165, 1.54) is 6.66 Å². The molecule has 0 amide bonds. The fraction of sp³-hybridized carbons (Fsp3) is 0.818. The fourth-order valence-corrected chi connectivity index (χ4v) is 3.18. The van der Waals surface area contributed by atoms with Gasteiger partial charge in [-0.3, -0.25) is 14.2 Å². The molecule has 0 aromatic heterocycles. The number of nitrogens with one attached hydrogen (secondary N) is 2. The largest absolute Gasteiger partial charge is 0.465 e. The van der Waals surface area contributed by atoms with Crippen molar-refractivity contribution in [1.29, 1.82) is 0 Å². The van der Waals surface area contributed by atoms with E-state index < -0.39 is 31.5 Å². The maximum atomic E-state index is 12.2. The molecule has 2 N–H and O–H groups in total. The summed E-state index contributed by atoms with van der Waals surface area (Å²) < 4.78 is 21.8. The molecule has 0 rings (SSSR count). The van der Waals surface area contributed by atoms with Crippen LogP contribution < -0.4 is 10.2 Å². The summed E-state index contributed by atoms with van der Waals surface area (Å²) in [6.07, 6.45) is 0. The molecule has 0 bridgehead atoms. The van der Waals surface area contributed by atoms with Gasteiger partial charge in [0.15, 0.2) is 0 Å². The molecule has 0 aliphatic heterocycles. The van der Waals surface area contributed by atoms with Crippen LogP contribution in [0.5, 0.6) is 0 Å². The molecular formula is C11H23N2O5P. The zero-order valence-electron chi connectivity index (χ0n) is 12.1. The van der Waals surface area contributed by atoms with E-state index in [0.29, 0.717) is 0 Å². The van der Waals surface area contributed by atoms with Crippen molar-refractivity contribution in [2.24, 2.45) is 0 Å². The van der Waals surface area contributed by atoms with E-state index in [0.717, 1.165) is 0 Å². The molecule has 0 saturated carbocycles. The van der Waals surface area contributed by atoms with Crippen LogP contribution in [0.2, 0.25) is 0 Å². The van der Waals surface area contributed by atoms with Crippen LogP contribution in [-0.4, -0.2) is 43.9 Å². The van der Waals surface area contributed by atoms with E-state index in [1.807, 2.05) is 0 Å². The van der Waals surface area contributed by atoms with Crippen LogP contribution in [0, 0.1) is 0 Å². The number of ether oxygens (including phenoxy) is 2. The number of carbonyl (C=O) groups excluding carboxylic acids is 2. The van der Waals surface area contributed by atoms with E-state index in [1.54, 1.807) is 27.7 Å². The van der Waals surface area contributed by atoms with Crippen LogP contribution in [0.1, 0.15) is 27.7 Å². The topological polar surface area (TPSA) is 93.7 Å². The van der Waals surface area contributed by atoms with E-state index in [4.69, 9.17) is 9.47 Å². The molecule has 7 nitrogen and oxygen atoms in total. The van der Waals surface area contributed by atoms with E-state index in [2.05, 4.69) is 10.2 Å². The molecular weight excluding hydrogens is 271 g/mol. The first-order chi connectivity index (χ1) is 8.73. The summed E-state index contributed by atoms with van der Waals surface area (Å²) in [5.74, 6) is -0.981. The molecule has 0 aliphatic rings. The van der Waals surface area contributed by atoms with Gasteiger partial charge in [-0.05, 0) is 27.7 Å². The molecule has 0 fully saturated rings. The second-order valence-corrected chi connectivity index (χ2v) is 6.49. The summed E-state index contributed by atoms with van der Waals surface area (Å²) in [6.45, 7) is 8.39. The Morgan fingerprint density at radius 1 is 1.00 bits per heavy atom. The first-order valence-corrected chi connectivity index (χ1v) is 8.35. The van der Waals surface area contributed by atoms with E-state index in [-0.39, 0.29) is 13.2 Å². The number of hydrogen-bond donors (Lipinski definition) is 2. The van der Waals surface area contributed by atoms with Crippen molar-refractivity contribution >= 4 is 19.4 Å². The number of rotatable bonds is 8. The minimum atomic E-state index is -3.06. The molecule has 0 aromatic carbocycles. The predicted molar refractivity (Wildman–Crippen MR) is 72.0 cm³/mol. The van der Waals surface area contributed by atoms with Gasteiger partial charge in [0.25, 0.3) is 0 Å². The number of hydrogen-bond acceptors (Lipinski definition) is 5. The molecule has 19 heavy (non-hydrogen) atoms. The molecule has 0 heterocycles. The maximum Gasteiger partial charge on any atom is 0.323 e. The summed E-state index contributed by atoms with van der Waals surface area (Å²) in [5.41, 5.74) is 0. The van der Waals surface area contributed by atoms with Crippen LogP contribution in [-0.2, 0) is 23.6 Å². The van der Waals surface area contributed by atoms with Gasteiger partial charge in [-0.2, -0.15) is 0 Å². The molecule has 2 unspecified atom stereocenters. The molecule has 112 valence electrons. The average molecular weight is 294 g/mol. The Labute approximate surface area is 113 Å². The van der Waals surface area contributed by atoms with Crippen molar-refractivity contribution in [3.05, 3.63) is 0 Å². The number of carbonyl (C=O) groups is 2. The van der Waals surface area contributed by atoms with E-state index >= 15 is 0 Å². The average Bonchev–Trinajstić information content (AvgIpc) is 2.28. The Morgan fingerprint density at radius 2 is 1.32 bits per heavy atom. The highest BCUT2D eigenvalue weighted by Gasteiger charge is 2.27. The van der Waals surface area contributed by atoms with Crippen LogP contribution in [0.15, 0.2) is 0 Å². The van der Waals surface area contributed by atoms with Crippen LogP contribution in [0.4, 0.5) is 0 Å². The summed E-state index contributed by atoms with van der Waals surface area (Å²) in [5, 5.41) is 5.26. The van der Waals surface area contributed by atoms with Gasteiger partial charge >= 0.3 is 11.9 Å². The third-order valence-electron chi connectivity index (χ3n) is 2.16. The first-order valence-electron chi connectivity index (χ1n) is 6.19. The summed E-state index contributed by atoms with van der Waals surface area (Å²) in [7, 11) is -3.06. The monoisotopic (exact) mass is 294 g/mol. The van der Waals surface area contributed by atoms with Crippen molar-refractivity contribution in [2.45, 2.75) is 39.8 Å². The van der Waals surface area contributed by atoms with Gasteiger partial charge in [-0.15, -0.1) is 0 Å². The van der Waals surface area contributed by atoms with Gasteiger partial charge in [0.2, 0.25) is 7.44 Å².